The van der Waals surface area contributed by atoms with Gasteiger partial charge in [0.2, 0.25) is 0 Å². The van der Waals surface area contributed by atoms with Crippen LogP contribution in [0.4, 0.5) is 10.1 Å². The molecule has 122 valence electrons. The number of nitrogens with one attached hydrogen (secondary N) is 1. The van der Waals surface area contributed by atoms with Crippen LogP contribution in [0.3, 0.4) is 0 Å². The summed E-state index contributed by atoms with van der Waals surface area (Å²) in [6, 6.07) is 11.7. The van der Waals surface area contributed by atoms with E-state index in [1.54, 1.807) is 17.8 Å². The number of nitrogens with zero attached hydrogens (tertiary/aromatic N) is 2. The van der Waals surface area contributed by atoms with Crippen molar-refractivity contribution in [3.8, 4) is 0 Å². The highest BCUT2D eigenvalue weighted by Crippen LogP contribution is 2.18. The molecule has 1 aromatic heterocycles. The van der Waals surface area contributed by atoms with Crippen LogP contribution in [-0.2, 0) is 6.54 Å². The number of carbonyl (C=O) groups excluding carboxylic acids is 1. The van der Waals surface area contributed by atoms with Gasteiger partial charge in [-0.05, 0) is 42.3 Å². The van der Waals surface area contributed by atoms with Crippen LogP contribution in [0.2, 0.25) is 5.02 Å². The van der Waals surface area contributed by atoms with Crippen LogP contribution in [0.15, 0.2) is 54.9 Å². The molecule has 1 amide bonds. The Morgan fingerprint density at radius 1 is 1.29 bits per heavy atom. The molecule has 2 aromatic carbocycles. The zero-order chi connectivity index (χ0) is 17.1. The molecule has 0 saturated heterocycles. The summed E-state index contributed by atoms with van der Waals surface area (Å²) in [5.41, 5.74) is 2.57. The number of carbonyl (C=O) groups is 1. The van der Waals surface area contributed by atoms with Crippen LogP contribution in [0.25, 0.3) is 0 Å². The molecule has 0 aliphatic rings. The molecule has 1 heterocycles. The largest absolute Gasteiger partial charge is 0.322 e. The molecule has 0 aliphatic carbocycles. The summed E-state index contributed by atoms with van der Waals surface area (Å²) in [7, 11) is 0. The highest BCUT2D eigenvalue weighted by atomic mass is 35.5. The van der Waals surface area contributed by atoms with Gasteiger partial charge in [-0.1, -0.05) is 29.8 Å². The summed E-state index contributed by atoms with van der Waals surface area (Å²) in [6.45, 7) is 2.21. The lowest BCUT2D eigenvalue weighted by atomic mass is 10.2. The second-order valence-electron chi connectivity index (χ2n) is 5.43. The molecule has 4 nitrogen and oxygen atoms in total. The van der Waals surface area contributed by atoms with Crippen LogP contribution in [0.5, 0.6) is 0 Å². The summed E-state index contributed by atoms with van der Waals surface area (Å²) in [6.07, 6.45) is 3.14. The normalized spacial score (nSPS) is 10.6. The maximum Gasteiger partial charge on any atom is 0.258 e. The molecule has 0 bridgehead atoms. The lowest BCUT2D eigenvalue weighted by Gasteiger charge is -2.07. The number of aryl methyl sites for hydroxylation is 1. The number of benzene rings is 2. The lowest BCUT2D eigenvalue weighted by Crippen LogP contribution is -2.12. The van der Waals surface area contributed by atoms with Crippen LogP contribution in [0.1, 0.15) is 21.5 Å². The van der Waals surface area contributed by atoms with E-state index >= 15 is 0 Å². The fraction of sp³-hybridized carbons (Fsp3) is 0.111. The predicted molar refractivity (Wildman–Crippen MR) is 91.9 cm³/mol. The van der Waals surface area contributed by atoms with Gasteiger partial charge in [-0.15, -0.1) is 0 Å². The quantitative estimate of drug-likeness (QED) is 0.768. The van der Waals surface area contributed by atoms with Crippen molar-refractivity contribution in [3.05, 3.63) is 82.4 Å². The third-order valence-corrected chi connectivity index (χ3v) is 3.99. The lowest BCUT2D eigenvalue weighted by molar-refractivity contribution is 0.102. The molecule has 0 aliphatic heterocycles. The van der Waals surface area contributed by atoms with Gasteiger partial charge in [0.1, 0.15) is 5.82 Å². The van der Waals surface area contributed by atoms with Crippen molar-refractivity contribution >= 4 is 23.2 Å². The number of rotatable bonds is 4. The molecule has 0 unspecified atom stereocenters. The minimum atomic E-state index is -0.335. The zero-order valence-corrected chi connectivity index (χ0v) is 13.7. The third kappa shape index (κ3) is 3.63. The fourth-order valence-corrected chi connectivity index (χ4v) is 2.53. The summed E-state index contributed by atoms with van der Waals surface area (Å²) in [5, 5.41) is 7.60. The van der Waals surface area contributed by atoms with E-state index in [-0.39, 0.29) is 11.7 Å². The van der Waals surface area contributed by atoms with Crippen molar-refractivity contribution in [1.29, 1.82) is 0 Å². The highest BCUT2D eigenvalue weighted by Gasteiger charge is 2.11. The molecule has 0 fully saturated rings. The highest BCUT2D eigenvalue weighted by molar-refractivity contribution is 6.31. The maximum absolute atomic E-state index is 13.1. The van der Waals surface area contributed by atoms with Crippen LogP contribution in [-0.4, -0.2) is 15.7 Å². The van der Waals surface area contributed by atoms with Gasteiger partial charge in [-0.25, -0.2) is 4.39 Å². The Morgan fingerprint density at radius 3 is 2.83 bits per heavy atom. The molecule has 3 rings (SSSR count). The van der Waals surface area contributed by atoms with Crippen molar-refractivity contribution in [2.24, 2.45) is 0 Å². The molecule has 0 saturated carbocycles. The van der Waals surface area contributed by atoms with Gasteiger partial charge >= 0.3 is 0 Å². The molecule has 6 heteroatoms. The Bertz CT molecular complexity index is 891. The Morgan fingerprint density at radius 2 is 2.08 bits per heavy atom. The van der Waals surface area contributed by atoms with Crippen LogP contribution in [0, 0.1) is 12.7 Å². The van der Waals surface area contributed by atoms with Crippen molar-refractivity contribution in [1.82, 2.24) is 9.78 Å². The smallest absolute Gasteiger partial charge is 0.258 e. The van der Waals surface area contributed by atoms with E-state index in [4.69, 9.17) is 11.6 Å². The minimum absolute atomic E-state index is 0.296. The average molecular weight is 344 g/mol. The molecule has 24 heavy (non-hydrogen) atoms. The molecular formula is C18H15ClFN3O. The Labute approximate surface area is 143 Å². The number of hydrogen-bond donors (Lipinski definition) is 1. The fourth-order valence-electron chi connectivity index (χ4n) is 2.33. The van der Waals surface area contributed by atoms with E-state index < -0.39 is 0 Å². The van der Waals surface area contributed by atoms with Crippen molar-refractivity contribution < 1.29 is 9.18 Å². The first-order chi connectivity index (χ1) is 11.5. The van der Waals surface area contributed by atoms with E-state index in [1.165, 1.54) is 24.4 Å². The second kappa shape index (κ2) is 6.84. The summed E-state index contributed by atoms with van der Waals surface area (Å²) in [5.74, 6) is -0.631. The summed E-state index contributed by atoms with van der Waals surface area (Å²) in [4.78, 5) is 12.3. The Hall–Kier alpha value is -2.66. The van der Waals surface area contributed by atoms with E-state index in [0.717, 1.165) is 5.56 Å². The SMILES string of the molecule is Cc1cc(F)ccc1NC(=O)c1cnn(Cc2ccccc2Cl)c1. The number of anilines is 1. The van der Waals surface area contributed by atoms with E-state index in [0.29, 0.717) is 28.4 Å². The molecule has 3 aromatic rings. The number of amides is 1. The second-order valence-corrected chi connectivity index (χ2v) is 5.84. The third-order valence-electron chi connectivity index (χ3n) is 3.62. The summed E-state index contributed by atoms with van der Waals surface area (Å²) < 4.78 is 14.8. The van der Waals surface area contributed by atoms with Crippen molar-refractivity contribution in [2.75, 3.05) is 5.32 Å². The topological polar surface area (TPSA) is 46.9 Å². The summed E-state index contributed by atoms with van der Waals surface area (Å²) >= 11 is 6.13. The van der Waals surface area contributed by atoms with E-state index in [9.17, 15) is 9.18 Å². The van der Waals surface area contributed by atoms with Gasteiger partial charge in [0.05, 0.1) is 18.3 Å². The van der Waals surface area contributed by atoms with Gasteiger partial charge < -0.3 is 5.32 Å². The van der Waals surface area contributed by atoms with Crippen molar-refractivity contribution in [3.63, 3.8) is 0 Å². The first-order valence-electron chi connectivity index (χ1n) is 7.36. The first kappa shape index (κ1) is 16.2. The van der Waals surface area contributed by atoms with Gasteiger partial charge in [-0.3, -0.25) is 9.48 Å². The monoisotopic (exact) mass is 343 g/mol. The molecule has 0 atom stereocenters. The van der Waals surface area contributed by atoms with E-state index in [2.05, 4.69) is 10.4 Å². The van der Waals surface area contributed by atoms with Gasteiger partial charge in [0.25, 0.3) is 5.91 Å². The predicted octanol–water partition coefficient (Wildman–Crippen LogP) is 4.28. The van der Waals surface area contributed by atoms with Crippen LogP contribution >= 0.6 is 11.6 Å². The zero-order valence-electron chi connectivity index (χ0n) is 13.0. The van der Waals surface area contributed by atoms with Gasteiger partial charge in [0, 0.05) is 16.9 Å². The standard InChI is InChI=1S/C18H15ClFN3O/c1-12-8-15(20)6-7-17(12)22-18(24)14-9-21-23(11-14)10-13-4-2-3-5-16(13)19/h2-9,11H,10H2,1H3,(H,22,24). The van der Waals surface area contributed by atoms with Gasteiger partial charge in [0.15, 0.2) is 0 Å². The molecule has 0 radical (unpaired) electrons. The number of aromatic nitrogens is 2. The maximum atomic E-state index is 13.1. The first-order valence-corrected chi connectivity index (χ1v) is 7.74. The molecule has 1 N–H and O–H groups in total. The molecule has 0 spiro atoms. The van der Waals surface area contributed by atoms with Crippen LogP contribution < -0.4 is 5.32 Å². The molecular weight excluding hydrogens is 329 g/mol. The number of halogens is 2. The van der Waals surface area contributed by atoms with Crippen molar-refractivity contribution in [2.45, 2.75) is 13.5 Å². The average Bonchev–Trinajstić information content (AvgIpc) is 3.01. The van der Waals surface area contributed by atoms with E-state index in [1.807, 2.05) is 24.3 Å². The van der Waals surface area contributed by atoms with Gasteiger partial charge in [-0.2, -0.15) is 5.10 Å². The number of hydrogen-bond acceptors (Lipinski definition) is 2. The Balaban J connectivity index is 1.73. The minimum Gasteiger partial charge on any atom is -0.322 e. The Kier molecular flexibility index (Phi) is 4.62.